The van der Waals surface area contributed by atoms with Crippen molar-refractivity contribution in [3.8, 4) is 0 Å². The van der Waals surface area contributed by atoms with Crippen molar-refractivity contribution < 1.29 is 48.4 Å². The van der Waals surface area contributed by atoms with Crippen LogP contribution in [0.4, 0.5) is 0 Å². The van der Waals surface area contributed by atoms with Gasteiger partial charge in [-0.05, 0) is 6.42 Å². The Hall–Kier alpha value is 0.540. The first-order chi connectivity index (χ1) is 11.0. The summed E-state index contributed by atoms with van der Waals surface area (Å²) in [6.45, 7) is 2.01. The van der Waals surface area contributed by atoms with Crippen molar-refractivity contribution in [3.63, 3.8) is 0 Å². The first kappa shape index (κ1) is 26.8. The quantitative estimate of drug-likeness (QED) is 0.244. The molecule has 0 aliphatic rings. The first-order valence-corrected chi connectivity index (χ1v) is 10.5. The standard InChI is InChI=1S/C17H35NO4S.Na.H/c1-3-4-5-6-7-8-9-10-11-12-13-14-16(19)17(15-18)23(20,21)22-2;;/h17H,3-15,18H2,1-2H3;;/q;+1;-1. The van der Waals surface area contributed by atoms with Gasteiger partial charge in [0.25, 0.3) is 10.1 Å². The summed E-state index contributed by atoms with van der Waals surface area (Å²) in [5.74, 6) is -0.328. The van der Waals surface area contributed by atoms with E-state index in [0.717, 1.165) is 26.4 Å². The van der Waals surface area contributed by atoms with Crippen molar-refractivity contribution in [1.82, 2.24) is 0 Å². The average Bonchev–Trinajstić information content (AvgIpc) is 2.53. The molecule has 7 heteroatoms. The van der Waals surface area contributed by atoms with Gasteiger partial charge < -0.3 is 7.16 Å². The van der Waals surface area contributed by atoms with Gasteiger partial charge in [0.2, 0.25) is 0 Å². The molecule has 24 heavy (non-hydrogen) atoms. The smallest absolute Gasteiger partial charge is 1.00 e. The average molecular weight is 374 g/mol. The van der Waals surface area contributed by atoms with Crippen LogP contribution in [0.3, 0.4) is 0 Å². The van der Waals surface area contributed by atoms with E-state index in [9.17, 15) is 13.2 Å². The zero-order valence-electron chi connectivity index (χ0n) is 16.9. The Labute approximate surface area is 172 Å². The summed E-state index contributed by atoms with van der Waals surface area (Å²) >= 11 is 0. The van der Waals surface area contributed by atoms with Crippen molar-refractivity contribution in [1.29, 1.82) is 0 Å². The van der Waals surface area contributed by atoms with Crippen molar-refractivity contribution in [2.45, 2.75) is 89.2 Å². The molecule has 0 aliphatic heterocycles. The molecule has 0 amide bonds. The van der Waals surface area contributed by atoms with Crippen LogP contribution in [0.2, 0.25) is 0 Å². The Morgan fingerprint density at radius 1 is 0.958 bits per heavy atom. The molecule has 0 aromatic heterocycles. The molecule has 0 heterocycles. The Kier molecular flexibility index (Phi) is 18.9. The first-order valence-electron chi connectivity index (χ1n) is 9.01. The third-order valence-electron chi connectivity index (χ3n) is 4.18. The van der Waals surface area contributed by atoms with Gasteiger partial charge in [0.1, 0.15) is 0 Å². The van der Waals surface area contributed by atoms with Gasteiger partial charge in [-0.1, -0.05) is 71.1 Å². The number of ketones is 1. The molecule has 140 valence electrons. The Morgan fingerprint density at radius 3 is 1.75 bits per heavy atom. The van der Waals surface area contributed by atoms with Crippen LogP contribution in [0.25, 0.3) is 0 Å². The topological polar surface area (TPSA) is 86.5 Å². The third-order valence-corrected chi connectivity index (χ3v) is 5.80. The summed E-state index contributed by atoms with van der Waals surface area (Å²) < 4.78 is 27.5. The van der Waals surface area contributed by atoms with E-state index in [-0.39, 0.29) is 49.7 Å². The monoisotopic (exact) mass is 373 g/mol. The summed E-state index contributed by atoms with van der Waals surface area (Å²) in [6, 6.07) is 0. The molecule has 0 spiro atoms. The summed E-state index contributed by atoms with van der Waals surface area (Å²) in [6.07, 6.45) is 13.5. The van der Waals surface area contributed by atoms with Gasteiger partial charge in [-0.25, -0.2) is 0 Å². The molecule has 0 saturated carbocycles. The van der Waals surface area contributed by atoms with Crippen molar-refractivity contribution >= 4 is 15.9 Å². The molecule has 0 saturated heterocycles. The van der Waals surface area contributed by atoms with E-state index in [0.29, 0.717) is 0 Å². The van der Waals surface area contributed by atoms with Crippen LogP contribution in [-0.4, -0.2) is 33.1 Å². The molecule has 1 unspecified atom stereocenters. The molecular weight excluding hydrogens is 337 g/mol. The fourth-order valence-electron chi connectivity index (χ4n) is 2.65. The fraction of sp³-hybridized carbons (Fsp3) is 0.941. The van der Waals surface area contributed by atoms with Gasteiger partial charge in [-0.2, -0.15) is 8.42 Å². The maximum atomic E-state index is 11.9. The number of Topliss-reactive ketones (excluding diaryl/α,β-unsaturated/α-hetero) is 1. The number of hydrogen-bond donors (Lipinski definition) is 1. The largest absolute Gasteiger partial charge is 1.00 e. The minimum absolute atomic E-state index is 0. The molecule has 0 fully saturated rings. The van der Waals surface area contributed by atoms with Crippen LogP contribution in [0.15, 0.2) is 0 Å². The second-order valence-electron chi connectivity index (χ2n) is 6.14. The van der Waals surface area contributed by atoms with Crippen LogP contribution in [0, 0.1) is 0 Å². The molecule has 2 N–H and O–H groups in total. The van der Waals surface area contributed by atoms with Gasteiger partial charge in [-0.3, -0.25) is 8.98 Å². The van der Waals surface area contributed by atoms with Crippen LogP contribution in [0.5, 0.6) is 0 Å². The zero-order chi connectivity index (χ0) is 17.6. The zero-order valence-corrected chi connectivity index (χ0v) is 18.7. The van der Waals surface area contributed by atoms with E-state index in [2.05, 4.69) is 11.1 Å². The molecule has 0 aliphatic carbocycles. The minimum Gasteiger partial charge on any atom is -1.00 e. The predicted molar refractivity (Wildman–Crippen MR) is 96.0 cm³/mol. The van der Waals surface area contributed by atoms with Gasteiger partial charge in [0, 0.05) is 13.0 Å². The van der Waals surface area contributed by atoms with Crippen LogP contribution in [0.1, 0.15) is 85.4 Å². The van der Waals surface area contributed by atoms with E-state index >= 15 is 0 Å². The van der Waals surface area contributed by atoms with Gasteiger partial charge in [0.15, 0.2) is 11.0 Å². The number of rotatable bonds is 16. The van der Waals surface area contributed by atoms with Crippen molar-refractivity contribution in [2.75, 3.05) is 13.7 Å². The maximum Gasteiger partial charge on any atom is 1.00 e. The van der Waals surface area contributed by atoms with Gasteiger partial charge in [0.05, 0.1) is 7.11 Å². The molecule has 0 radical (unpaired) electrons. The molecule has 1 atom stereocenters. The molecule has 0 aromatic rings. The molecular formula is C17H36NNaO4S. The molecule has 0 rings (SSSR count). The van der Waals surface area contributed by atoms with E-state index in [4.69, 9.17) is 5.73 Å². The van der Waals surface area contributed by atoms with Gasteiger partial charge >= 0.3 is 29.6 Å². The summed E-state index contributed by atoms with van der Waals surface area (Å²) in [4.78, 5) is 11.9. The SMILES string of the molecule is CCCCCCCCCCCCCC(=O)C(CN)S(=O)(=O)OC.[H-].[Na+]. The summed E-state index contributed by atoms with van der Waals surface area (Å²) in [5, 5.41) is -1.21. The number of carbonyl (C=O) groups excluding carboxylic acids is 1. The van der Waals surface area contributed by atoms with Crippen LogP contribution in [-0.2, 0) is 19.1 Å². The summed E-state index contributed by atoms with van der Waals surface area (Å²) in [7, 11) is -2.79. The van der Waals surface area contributed by atoms with Gasteiger partial charge in [-0.15, -0.1) is 0 Å². The number of nitrogens with two attached hydrogens (primary N) is 1. The Morgan fingerprint density at radius 2 is 1.38 bits per heavy atom. The van der Waals surface area contributed by atoms with Crippen molar-refractivity contribution in [3.05, 3.63) is 0 Å². The second-order valence-corrected chi connectivity index (χ2v) is 8.02. The number of carbonyl (C=O) groups is 1. The number of hydrogen-bond acceptors (Lipinski definition) is 5. The predicted octanol–water partition coefficient (Wildman–Crippen LogP) is 0.677. The van der Waals surface area contributed by atoms with Crippen molar-refractivity contribution in [2.24, 2.45) is 5.73 Å². The van der Waals surface area contributed by atoms with E-state index in [1.165, 1.54) is 51.4 Å². The Balaban J connectivity index is -0.00000242. The minimum atomic E-state index is -3.85. The van der Waals surface area contributed by atoms with E-state index in [1.807, 2.05) is 0 Å². The van der Waals surface area contributed by atoms with E-state index < -0.39 is 15.4 Å². The molecule has 0 aromatic carbocycles. The van der Waals surface area contributed by atoms with E-state index in [1.54, 1.807) is 0 Å². The fourth-order valence-corrected chi connectivity index (χ4v) is 3.56. The van der Waals surface area contributed by atoms with Crippen LogP contribution < -0.4 is 35.3 Å². The number of unbranched alkanes of at least 4 members (excludes halogenated alkanes) is 10. The Bertz CT molecular complexity index is 407. The molecule has 0 bridgehead atoms. The second kappa shape index (κ2) is 17.0. The third kappa shape index (κ3) is 12.8. The molecule has 5 nitrogen and oxygen atoms in total. The van der Waals surface area contributed by atoms with Crippen LogP contribution >= 0.6 is 0 Å². The summed E-state index contributed by atoms with van der Waals surface area (Å²) in [5.41, 5.74) is 5.38. The normalized spacial score (nSPS) is 12.6. The maximum absolute atomic E-state index is 11.9.